The second kappa shape index (κ2) is 2.70. The van der Waals surface area contributed by atoms with E-state index >= 15 is 0 Å². The summed E-state index contributed by atoms with van der Waals surface area (Å²) < 4.78 is 0. The highest BCUT2D eigenvalue weighted by molar-refractivity contribution is 8.28. The Labute approximate surface area is 39.1 Å². The lowest BCUT2D eigenvalue weighted by molar-refractivity contribution is 2.33. The molecule has 0 aliphatic rings. The molecular weight excluding hydrogens is 77.7 g/mol. The van der Waals surface area contributed by atoms with Crippen LogP contribution in [0.3, 0.4) is 0 Å². The zero-order valence-corrected chi connectivity index (χ0v) is 4.80. The Morgan fingerprint density at radius 1 is 1.80 bits per heavy atom. The van der Waals surface area contributed by atoms with Gasteiger partial charge in [-0.1, -0.05) is 6.82 Å². The molecule has 0 aromatic rings. The van der Waals surface area contributed by atoms with E-state index in [4.69, 9.17) is 0 Å². The van der Waals surface area contributed by atoms with Crippen LogP contribution in [-0.4, -0.2) is 19.9 Å². The Balaban J connectivity index is 2.54. The molecule has 3 heteroatoms. The van der Waals surface area contributed by atoms with E-state index in [0.29, 0.717) is 0 Å². The lowest BCUT2D eigenvalue weighted by Gasteiger charge is -1.85. The fraction of sp³-hybridized carbons (Fsp3) is 1.00. The standard InChI is InChI=1S/C2H8B2S/c1-4(3)5-2/h3H2,1-2H3. The zero-order chi connectivity index (χ0) is 4.28. The molecule has 0 aliphatic carbocycles. The average Bonchev–Trinajstić information content (AvgIpc) is 1.38. The van der Waals surface area contributed by atoms with Crippen LogP contribution in [0.1, 0.15) is 0 Å². The molecule has 0 heterocycles. The first kappa shape index (κ1) is 5.48. The predicted octanol–water partition coefficient (Wildman–Crippen LogP) is 0.101. The highest BCUT2D eigenvalue weighted by atomic mass is 32.2. The Morgan fingerprint density at radius 2 is 2.00 bits per heavy atom. The van der Waals surface area contributed by atoms with Gasteiger partial charge in [0.15, 0.2) is 5.88 Å². The van der Waals surface area contributed by atoms with Crippen LogP contribution in [0, 0.1) is 0 Å². The van der Waals surface area contributed by atoms with E-state index in [0.717, 1.165) is 5.88 Å². The summed E-state index contributed by atoms with van der Waals surface area (Å²) in [5.74, 6) is 0.801. The van der Waals surface area contributed by atoms with Crippen molar-refractivity contribution < 1.29 is 0 Å². The molecule has 0 nitrogen and oxygen atoms in total. The van der Waals surface area contributed by atoms with Crippen molar-refractivity contribution in [3.63, 3.8) is 0 Å². The summed E-state index contributed by atoms with van der Waals surface area (Å²) in [6.07, 6.45) is 2.12. The fourth-order valence-electron chi connectivity index (χ4n) is 0. The molecule has 0 saturated carbocycles. The number of hydrogen-bond donors (Lipinski definition) is 0. The number of rotatable bonds is 1. The first-order chi connectivity index (χ1) is 2.27. The molecular formula is C2H8B2S. The summed E-state index contributed by atoms with van der Waals surface area (Å²) in [6.45, 7) is 2.19. The molecule has 0 aromatic carbocycles. The van der Waals surface area contributed by atoms with Gasteiger partial charge in [0, 0.05) is 0 Å². The van der Waals surface area contributed by atoms with Gasteiger partial charge in [-0.05, 0) is 6.26 Å². The van der Waals surface area contributed by atoms with Crippen molar-refractivity contribution in [1.29, 1.82) is 0 Å². The van der Waals surface area contributed by atoms with Crippen molar-refractivity contribution in [2.45, 2.75) is 6.82 Å². The van der Waals surface area contributed by atoms with Crippen LogP contribution in [0.5, 0.6) is 0 Å². The molecule has 0 atom stereocenters. The van der Waals surface area contributed by atoms with E-state index < -0.39 is 0 Å². The minimum Gasteiger partial charge on any atom is -0.224 e. The minimum absolute atomic E-state index is 0.801. The Hall–Kier alpha value is 0.480. The first-order valence-electron chi connectivity index (χ1n) is 1.80. The average molecular weight is 85.8 g/mol. The number of hydrogen-bond acceptors (Lipinski definition) is 1. The van der Waals surface area contributed by atoms with Gasteiger partial charge < -0.3 is 0 Å². The van der Waals surface area contributed by atoms with Crippen molar-refractivity contribution in [3.8, 4) is 0 Å². The maximum absolute atomic E-state index is 2.19. The fourth-order valence-corrected chi connectivity index (χ4v) is 0. The van der Waals surface area contributed by atoms with Crippen molar-refractivity contribution in [1.82, 2.24) is 0 Å². The molecule has 0 bridgehead atoms. The van der Waals surface area contributed by atoms with Crippen molar-refractivity contribution in [3.05, 3.63) is 0 Å². The highest BCUT2D eigenvalue weighted by Gasteiger charge is 1.87. The van der Waals surface area contributed by atoms with Crippen LogP contribution < -0.4 is 0 Å². The van der Waals surface area contributed by atoms with Crippen molar-refractivity contribution in [2.24, 2.45) is 0 Å². The van der Waals surface area contributed by atoms with Gasteiger partial charge in [0.2, 0.25) is 0 Å². The summed E-state index contributed by atoms with van der Waals surface area (Å²) in [7, 11) is 2.19. The Morgan fingerprint density at radius 3 is 2.00 bits per heavy atom. The van der Waals surface area contributed by atoms with Crippen LogP contribution >= 0.6 is 11.6 Å². The molecule has 0 spiro atoms. The van der Waals surface area contributed by atoms with Gasteiger partial charge in [-0.25, -0.2) is 11.6 Å². The van der Waals surface area contributed by atoms with Crippen LogP contribution in [-0.2, 0) is 0 Å². The van der Waals surface area contributed by atoms with E-state index in [2.05, 4.69) is 20.8 Å². The summed E-state index contributed by atoms with van der Waals surface area (Å²) in [5, 5.41) is 0. The second-order valence-electron chi connectivity index (χ2n) is 1.28. The van der Waals surface area contributed by atoms with Gasteiger partial charge >= 0.3 is 0 Å². The van der Waals surface area contributed by atoms with E-state index in [1.54, 1.807) is 0 Å². The zero-order valence-electron chi connectivity index (χ0n) is 3.99. The van der Waals surface area contributed by atoms with Gasteiger partial charge in [0.05, 0.1) is 7.74 Å². The monoisotopic (exact) mass is 86.1 g/mol. The third-order valence-corrected chi connectivity index (χ3v) is 1.41. The topological polar surface area (TPSA) is 0 Å². The second-order valence-corrected chi connectivity index (χ2v) is 2.70. The van der Waals surface area contributed by atoms with Crippen molar-refractivity contribution in [2.75, 3.05) is 6.26 Å². The molecule has 0 aromatic heterocycles. The lowest BCUT2D eigenvalue weighted by atomic mass is 9.56. The Bertz CT molecular complexity index is 21.6. The van der Waals surface area contributed by atoms with Crippen LogP contribution in [0.25, 0.3) is 0 Å². The maximum Gasteiger partial charge on any atom is 0.165 e. The molecule has 0 aliphatic heterocycles. The Kier molecular flexibility index (Phi) is 2.96. The largest absolute Gasteiger partial charge is 0.224 e. The highest BCUT2D eigenvalue weighted by Crippen LogP contribution is 1.91. The summed E-state index contributed by atoms with van der Waals surface area (Å²) in [6, 6.07) is 0. The SMILES string of the molecule is BB(C)SC. The molecule has 0 amide bonds. The van der Waals surface area contributed by atoms with E-state index in [1.807, 2.05) is 11.6 Å². The summed E-state index contributed by atoms with van der Waals surface area (Å²) in [4.78, 5) is 0. The van der Waals surface area contributed by atoms with Crippen molar-refractivity contribution >= 4 is 25.2 Å². The van der Waals surface area contributed by atoms with E-state index in [9.17, 15) is 0 Å². The van der Waals surface area contributed by atoms with Crippen LogP contribution in [0.4, 0.5) is 0 Å². The van der Waals surface area contributed by atoms with Gasteiger partial charge in [0.25, 0.3) is 0 Å². The molecule has 0 fully saturated rings. The van der Waals surface area contributed by atoms with Gasteiger partial charge in [-0.15, -0.1) is 0 Å². The molecule has 0 unspecified atom stereocenters. The van der Waals surface area contributed by atoms with Gasteiger partial charge in [-0.2, -0.15) is 0 Å². The first-order valence-corrected chi connectivity index (χ1v) is 3.09. The molecule has 0 rings (SSSR count). The normalized spacial score (nSPS) is 7.60. The third kappa shape index (κ3) is 4.48. The minimum atomic E-state index is 0.801. The quantitative estimate of drug-likeness (QED) is 0.407. The predicted molar refractivity (Wildman–Crippen MR) is 33.7 cm³/mol. The van der Waals surface area contributed by atoms with Crippen LogP contribution in [0.2, 0.25) is 6.82 Å². The summed E-state index contributed by atoms with van der Waals surface area (Å²) >= 11 is 1.88. The van der Waals surface area contributed by atoms with Crippen LogP contribution in [0.15, 0.2) is 0 Å². The van der Waals surface area contributed by atoms with E-state index in [1.165, 1.54) is 0 Å². The molecule has 5 heavy (non-hydrogen) atoms. The van der Waals surface area contributed by atoms with Gasteiger partial charge in [-0.3, -0.25) is 0 Å². The lowest BCUT2D eigenvalue weighted by Crippen LogP contribution is -1.96. The smallest absolute Gasteiger partial charge is 0.165 e. The molecule has 0 radical (unpaired) electrons. The van der Waals surface area contributed by atoms with E-state index in [-0.39, 0.29) is 0 Å². The summed E-state index contributed by atoms with van der Waals surface area (Å²) in [5.41, 5.74) is 0. The molecule has 0 saturated heterocycles. The third-order valence-electron chi connectivity index (χ3n) is 0.471. The molecule has 0 N–H and O–H groups in total. The van der Waals surface area contributed by atoms with Gasteiger partial charge in [0.1, 0.15) is 0 Å². The molecule has 28 valence electrons. The maximum atomic E-state index is 2.19.